The van der Waals surface area contributed by atoms with Crippen LogP contribution in [0.4, 0.5) is 0 Å². The van der Waals surface area contributed by atoms with Gasteiger partial charge in [0.15, 0.2) is 0 Å². The van der Waals surface area contributed by atoms with Gasteiger partial charge in [0.2, 0.25) is 10.0 Å². The van der Waals surface area contributed by atoms with Gasteiger partial charge >= 0.3 is 4.87 Å². The van der Waals surface area contributed by atoms with E-state index in [1.165, 1.54) is 16.2 Å². The van der Waals surface area contributed by atoms with Crippen molar-refractivity contribution in [2.45, 2.75) is 44.0 Å². The number of hydrogen-bond donors (Lipinski definition) is 1. The molecule has 0 saturated heterocycles. The Morgan fingerprint density at radius 3 is 2.30 bits per heavy atom. The third-order valence-corrected chi connectivity index (χ3v) is 7.22. The molecule has 0 bridgehead atoms. The molecule has 0 amide bonds. The van der Waals surface area contributed by atoms with Crippen LogP contribution in [0.5, 0.6) is 0 Å². The lowest BCUT2D eigenvalue weighted by Gasteiger charge is -2.20. The highest BCUT2D eigenvalue weighted by Crippen LogP contribution is 2.25. The Balaban J connectivity index is 1.86. The van der Waals surface area contributed by atoms with Crippen LogP contribution in [0.3, 0.4) is 0 Å². The van der Waals surface area contributed by atoms with Crippen LogP contribution in [-0.4, -0.2) is 13.0 Å². The summed E-state index contributed by atoms with van der Waals surface area (Å²) in [5.74, 6) is 0. The molecule has 2 aromatic carbocycles. The maximum absolute atomic E-state index is 12.8. The minimum absolute atomic E-state index is 0.0496. The fourth-order valence-corrected chi connectivity index (χ4v) is 5.17. The molecule has 7 heteroatoms. The largest absolute Gasteiger partial charge is 0.307 e. The third kappa shape index (κ3) is 4.00. The first-order chi connectivity index (χ1) is 12.5. The fourth-order valence-electron chi connectivity index (χ4n) is 2.92. The van der Waals surface area contributed by atoms with Gasteiger partial charge in [-0.15, -0.1) is 0 Å². The van der Waals surface area contributed by atoms with Gasteiger partial charge in [0, 0.05) is 13.1 Å². The highest BCUT2D eigenvalue weighted by atomic mass is 32.2. The second-order valence-electron chi connectivity index (χ2n) is 7.77. The molecule has 1 N–H and O–H groups in total. The monoisotopic (exact) mass is 404 g/mol. The minimum atomic E-state index is -3.70. The van der Waals surface area contributed by atoms with E-state index in [9.17, 15) is 13.2 Å². The highest BCUT2D eigenvalue weighted by Gasteiger charge is 2.20. The van der Waals surface area contributed by atoms with Crippen LogP contribution in [-0.2, 0) is 22.5 Å². The number of aryl methyl sites for hydroxylation is 1. The molecule has 1 heterocycles. The quantitative estimate of drug-likeness (QED) is 0.716. The first-order valence-electron chi connectivity index (χ1n) is 8.71. The number of aromatic nitrogens is 1. The Bertz CT molecular complexity index is 1130. The molecule has 1 unspecified atom stereocenters. The molecule has 0 saturated carbocycles. The average molecular weight is 405 g/mol. The number of hydrogen-bond acceptors (Lipinski definition) is 4. The van der Waals surface area contributed by atoms with Crippen molar-refractivity contribution in [2.24, 2.45) is 7.05 Å². The molecule has 0 spiro atoms. The predicted octanol–water partition coefficient (Wildman–Crippen LogP) is 3.94. The zero-order valence-electron chi connectivity index (χ0n) is 16.1. The molecule has 0 aliphatic carbocycles. The van der Waals surface area contributed by atoms with Crippen LogP contribution < -0.4 is 9.60 Å². The number of thiazole rings is 1. The zero-order valence-corrected chi connectivity index (χ0v) is 17.7. The Morgan fingerprint density at radius 2 is 1.70 bits per heavy atom. The second-order valence-corrected chi connectivity index (χ2v) is 10.5. The van der Waals surface area contributed by atoms with Crippen LogP contribution in [0.2, 0.25) is 0 Å². The SMILES string of the molecule is CC(NS(=O)(=O)c1ccc2c(c1)sc(=O)n2C)c1ccc(C(C)(C)C)cc1. The number of benzene rings is 2. The second kappa shape index (κ2) is 6.89. The standard InChI is InChI=1S/C20H24N2O3S2/c1-13(14-6-8-15(9-7-14)20(2,3)4)21-27(24,25)16-10-11-17-18(12-16)26-19(23)22(17)5/h6-13,21H,1-5H3. The molecule has 1 atom stereocenters. The van der Waals surface area contributed by atoms with E-state index in [4.69, 9.17) is 0 Å². The molecule has 144 valence electrons. The van der Waals surface area contributed by atoms with Crippen LogP contribution in [0.25, 0.3) is 10.2 Å². The highest BCUT2D eigenvalue weighted by molar-refractivity contribution is 7.89. The number of rotatable bonds is 4. The Morgan fingerprint density at radius 1 is 1.07 bits per heavy atom. The molecule has 0 radical (unpaired) electrons. The summed E-state index contributed by atoms with van der Waals surface area (Å²) in [6.07, 6.45) is 0. The number of fused-ring (bicyclic) bond motifs is 1. The lowest BCUT2D eigenvalue weighted by molar-refractivity contribution is 0.566. The van der Waals surface area contributed by atoms with Crippen molar-refractivity contribution in [1.82, 2.24) is 9.29 Å². The van der Waals surface area contributed by atoms with Gasteiger partial charge in [-0.25, -0.2) is 13.1 Å². The smallest absolute Gasteiger partial charge is 0.302 e. The molecular formula is C20H24N2O3S2. The van der Waals surface area contributed by atoms with Gasteiger partial charge in [0.1, 0.15) is 0 Å². The van der Waals surface area contributed by atoms with Crippen LogP contribution >= 0.6 is 11.3 Å². The maximum Gasteiger partial charge on any atom is 0.307 e. The first kappa shape index (κ1) is 19.8. The Hall–Kier alpha value is -1.96. The summed E-state index contributed by atoms with van der Waals surface area (Å²) in [6.45, 7) is 8.25. The normalized spacial score (nSPS) is 13.8. The van der Waals surface area contributed by atoms with E-state index < -0.39 is 10.0 Å². The first-order valence-corrected chi connectivity index (χ1v) is 11.0. The van der Waals surface area contributed by atoms with Crippen molar-refractivity contribution >= 4 is 31.6 Å². The summed E-state index contributed by atoms with van der Waals surface area (Å²) in [4.78, 5) is 11.8. The topological polar surface area (TPSA) is 68.2 Å². The predicted molar refractivity (Wildman–Crippen MR) is 111 cm³/mol. The molecule has 0 aliphatic rings. The Labute approximate surface area is 163 Å². The summed E-state index contributed by atoms with van der Waals surface area (Å²) < 4.78 is 30.5. The van der Waals surface area contributed by atoms with E-state index in [2.05, 4.69) is 25.5 Å². The molecule has 1 aromatic heterocycles. The summed E-state index contributed by atoms with van der Waals surface area (Å²) in [6, 6.07) is 12.4. The van der Waals surface area contributed by atoms with Gasteiger partial charge < -0.3 is 4.57 Å². The van der Waals surface area contributed by atoms with Gasteiger partial charge in [0.05, 0.1) is 15.1 Å². The van der Waals surface area contributed by atoms with E-state index >= 15 is 0 Å². The lowest BCUT2D eigenvalue weighted by Crippen LogP contribution is -2.27. The zero-order chi connectivity index (χ0) is 20.0. The van der Waals surface area contributed by atoms with Gasteiger partial charge in [0.25, 0.3) is 0 Å². The van der Waals surface area contributed by atoms with Crippen LogP contribution in [0, 0.1) is 0 Å². The van der Waals surface area contributed by atoms with Crippen LogP contribution in [0.15, 0.2) is 52.2 Å². The molecule has 3 aromatic rings. The van der Waals surface area contributed by atoms with Crippen molar-refractivity contribution in [1.29, 1.82) is 0 Å². The molecular weight excluding hydrogens is 380 g/mol. The Kier molecular flexibility index (Phi) is 5.05. The summed E-state index contributed by atoms with van der Waals surface area (Å²) >= 11 is 1.04. The molecule has 0 fully saturated rings. The number of nitrogens with one attached hydrogen (secondary N) is 1. The van der Waals surface area contributed by atoms with E-state index in [0.717, 1.165) is 22.4 Å². The van der Waals surface area contributed by atoms with Gasteiger partial charge in [-0.05, 0) is 41.7 Å². The van der Waals surface area contributed by atoms with E-state index in [0.29, 0.717) is 4.70 Å². The van der Waals surface area contributed by atoms with Crippen LogP contribution in [0.1, 0.15) is 44.9 Å². The molecule has 5 nitrogen and oxygen atoms in total. The van der Waals surface area contributed by atoms with Crippen molar-refractivity contribution in [3.05, 3.63) is 63.3 Å². The van der Waals surface area contributed by atoms with Gasteiger partial charge in [-0.2, -0.15) is 0 Å². The van der Waals surface area contributed by atoms with Crippen molar-refractivity contribution in [2.75, 3.05) is 0 Å². The van der Waals surface area contributed by atoms with Crippen molar-refractivity contribution in [3.63, 3.8) is 0 Å². The van der Waals surface area contributed by atoms with Gasteiger partial charge in [-0.1, -0.05) is 56.4 Å². The molecule has 0 aliphatic heterocycles. The van der Waals surface area contributed by atoms with E-state index in [1.807, 2.05) is 31.2 Å². The summed E-state index contributed by atoms with van der Waals surface area (Å²) in [5.41, 5.74) is 2.88. The average Bonchev–Trinajstić information content (AvgIpc) is 2.88. The molecule has 27 heavy (non-hydrogen) atoms. The fraction of sp³-hybridized carbons (Fsp3) is 0.350. The number of sulfonamides is 1. The summed E-state index contributed by atoms with van der Waals surface area (Å²) in [5, 5.41) is 0. The molecule has 3 rings (SSSR count). The van der Waals surface area contributed by atoms with Gasteiger partial charge in [-0.3, -0.25) is 4.79 Å². The minimum Gasteiger partial charge on any atom is -0.302 e. The van der Waals surface area contributed by atoms with Crippen molar-refractivity contribution < 1.29 is 8.42 Å². The van der Waals surface area contributed by atoms with E-state index in [1.54, 1.807) is 19.2 Å². The number of nitrogens with zero attached hydrogens (tertiary/aromatic N) is 1. The maximum atomic E-state index is 12.8. The summed E-state index contributed by atoms with van der Waals surface area (Å²) in [7, 11) is -2.02. The van der Waals surface area contributed by atoms with E-state index in [-0.39, 0.29) is 21.2 Å². The third-order valence-electron chi connectivity index (χ3n) is 4.68. The lowest BCUT2D eigenvalue weighted by atomic mass is 9.86. The van der Waals surface area contributed by atoms with Crippen molar-refractivity contribution in [3.8, 4) is 0 Å².